The van der Waals surface area contributed by atoms with E-state index in [1.54, 1.807) is 31.3 Å². The van der Waals surface area contributed by atoms with Gasteiger partial charge >= 0.3 is 11.9 Å². The van der Waals surface area contributed by atoms with Gasteiger partial charge in [0.15, 0.2) is 5.13 Å². The molecule has 3 aromatic rings. The van der Waals surface area contributed by atoms with E-state index in [0.717, 1.165) is 5.56 Å². The molecule has 0 spiro atoms. The second kappa shape index (κ2) is 12.2. The van der Waals surface area contributed by atoms with Crippen LogP contribution in [0, 0.1) is 5.92 Å². The number of aromatic nitrogens is 1. The fourth-order valence-corrected chi connectivity index (χ4v) is 5.49. The summed E-state index contributed by atoms with van der Waals surface area (Å²) in [5.41, 5.74) is 1.07. The van der Waals surface area contributed by atoms with Crippen molar-refractivity contribution in [1.29, 1.82) is 0 Å². The molecule has 4 rings (SSSR count). The molecule has 1 aromatic heterocycles. The minimum absolute atomic E-state index is 0.148. The van der Waals surface area contributed by atoms with E-state index in [1.165, 1.54) is 37.7 Å². The number of thiazole rings is 1. The molecule has 0 saturated carbocycles. The summed E-state index contributed by atoms with van der Waals surface area (Å²) in [6, 6.07) is 16.8. The zero-order chi connectivity index (χ0) is 27.9. The number of nitrogens with one attached hydrogen (secondary N) is 2. The number of allylic oxidation sites excluding steroid dienone is 1. The number of anilines is 1. The summed E-state index contributed by atoms with van der Waals surface area (Å²) in [4.78, 5) is 30.0. The molecule has 1 aliphatic heterocycles. The van der Waals surface area contributed by atoms with Crippen molar-refractivity contribution in [3.05, 3.63) is 89.1 Å². The van der Waals surface area contributed by atoms with Gasteiger partial charge in [-0.25, -0.2) is 23.3 Å². The zero-order valence-corrected chi connectivity index (χ0v) is 23.0. The first kappa shape index (κ1) is 28.8. The van der Waals surface area contributed by atoms with Crippen LogP contribution in [0.1, 0.15) is 19.4 Å². The summed E-state index contributed by atoms with van der Waals surface area (Å²) in [5, 5.41) is 13.9. The lowest BCUT2D eigenvalue weighted by molar-refractivity contribution is -0.149. The molecule has 202 valence electrons. The molecule has 0 fully saturated rings. The normalized spacial score (nSPS) is 20.9. The standard InChI is InChI=1S/C20H23N3O4S.C6H7NO2S/c1-12-14(17(24)26-3)16(22-19-21-10-11-28-19)15(18(25)27-4)20(2,23-12)13-8-6-5-7-9-13;7-10(8,9)6-4-2-1-3-5-6/h5-11,15-16,23H,1-4H3,(H,21,22);1-5H,(H2,7,8,9). The van der Waals surface area contributed by atoms with Crippen molar-refractivity contribution in [2.24, 2.45) is 11.1 Å². The van der Waals surface area contributed by atoms with Crippen molar-refractivity contribution in [2.45, 2.75) is 30.3 Å². The van der Waals surface area contributed by atoms with Crippen LogP contribution in [0.25, 0.3) is 0 Å². The Bertz CT molecular complexity index is 1380. The molecule has 38 heavy (non-hydrogen) atoms. The molecular formula is C26H30N4O6S2. The number of hydrogen-bond donors (Lipinski definition) is 3. The number of nitrogens with zero attached hydrogens (tertiary/aromatic N) is 1. The van der Waals surface area contributed by atoms with E-state index in [2.05, 4.69) is 15.6 Å². The number of nitrogens with two attached hydrogens (primary N) is 1. The van der Waals surface area contributed by atoms with Gasteiger partial charge in [-0.15, -0.1) is 11.3 Å². The maximum Gasteiger partial charge on any atom is 0.337 e. The minimum Gasteiger partial charge on any atom is -0.469 e. The molecule has 0 amide bonds. The van der Waals surface area contributed by atoms with Crippen LogP contribution in [0.2, 0.25) is 0 Å². The number of hydrogen-bond acceptors (Lipinski definition) is 10. The highest BCUT2D eigenvalue weighted by atomic mass is 32.2. The predicted octanol–water partition coefficient (Wildman–Crippen LogP) is 3.01. The topological polar surface area (TPSA) is 150 Å². The summed E-state index contributed by atoms with van der Waals surface area (Å²) < 4.78 is 31.4. The number of rotatable bonds is 6. The number of ether oxygens (including phenoxy) is 2. The Morgan fingerprint density at radius 3 is 2.13 bits per heavy atom. The van der Waals surface area contributed by atoms with Crippen LogP contribution in [-0.4, -0.2) is 45.6 Å². The fraction of sp³-hybridized carbons (Fsp3) is 0.269. The molecule has 0 bridgehead atoms. The molecule has 3 unspecified atom stereocenters. The molecule has 4 N–H and O–H groups in total. The van der Waals surface area contributed by atoms with E-state index in [-0.39, 0.29) is 4.90 Å². The van der Waals surface area contributed by atoms with Crippen LogP contribution in [0.4, 0.5) is 5.13 Å². The summed E-state index contributed by atoms with van der Waals surface area (Å²) in [7, 11) is -0.838. The monoisotopic (exact) mass is 558 g/mol. The van der Waals surface area contributed by atoms with Gasteiger partial charge in [-0.2, -0.15) is 0 Å². The zero-order valence-electron chi connectivity index (χ0n) is 21.4. The number of esters is 2. The quantitative estimate of drug-likeness (QED) is 0.388. The summed E-state index contributed by atoms with van der Waals surface area (Å²) in [6.07, 6.45) is 1.66. The average molecular weight is 559 g/mol. The lowest BCUT2D eigenvalue weighted by Crippen LogP contribution is -2.60. The largest absolute Gasteiger partial charge is 0.469 e. The molecule has 0 aliphatic carbocycles. The predicted molar refractivity (Wildman–Crippen MR) is 144 cm³/mol. The van der Waals surface area contributed by atoms with Crippen molar-refractivity contribution in [1.82, 2.24) is 10.3 Å². The lowest BCUT2D eigenvalue weighted by atomic mass is 9.70. The molecule has 3 atom stereocenters. The maximum absolute atomic E-state index is 13.0. The van der Waals surface area contributed by atoms with Gasteiger partial charge in [-0.1, -0.05) is 48.5 Å². The third-order valence-electron chi connectivity index (χ3n) is 6.13. The summed E-state index contributed by atoms with van der Waals surface area (Å²) in [6.45, 7) is 3.73. The van der Waals surface area contributed by atoms with Gasteiger partial charge in [0.25, 0.3) is 0 Å². The number of carbonyl (C=O) groups is 2. The van der Waals surface area contributed by atoms with E-state index in [0.29, 0.717) is 16.4 Å². The smallest absolute Gasteiger partial charge is 0.337 e. The van der Waals surface area contributed by atoms with Crippen LogP contribution < -0.4 is 15.8 Å². The van der Waals surface area contributed by atoms with E-state index in [4.69, 9.17) is 14.6 Å². The highest BCUT2D eigenvalue weighted by molar-refractivity contribution is 7.89. The molecule has 0 radical (unpaired) electrons. The van der Waals surface area contributed by atoms with E-state index in [9.17, 15) is 18.0 Å². The van der Waals surface area contributed by atoms with Gasteiger partial charge in [-0.3, -0.25) is 4.79 Å². The van der Waals surface area contributed by atoms with Crippen LogP contribution in [-0.2, 0) is 34.6 Å². The average Bonchev–Trinajstić information content (AvgIpc) is 3.42. The first-order chi connectivity index (χ1) is 18.0. The molecule has 10 nitrogen and oxygen atoms in total. The third kappa shape index (κ3) is 6.39. The summed E-state index contributed by atoms with van der Waals surface area (Å²) >= 11 is 1.39. The second-order valence-electron chi connectivity index (χ2n) is 8.54. The van der Waals surface area contributed by atoms with Gasteiger partial charge in [0.1, 0.15) is 5.92 Å². The number of methoxy groups -OCH3 is 2. The van der Waals surface area contributed by atoms with Crippen molar-refractivity contribution < 1.29 is 27.5 Å². The maximum atomic E-state index is 13.0. The number of carbonyl (C=O) groups excluding carboxylic acids is 2. The van der Waals surface area contributed by atoms with E-state index in [1.807, 2.05) is 42.6 Å². The highest BCUT2D eigenvalue weighted by Crippen LogP contribution is 2.41. The van der Waals surface area contributed by atoms with Crippen molar-refractivity contribution in [3.8, 4) is 0 Å². The molecule has 12 heteroatoms. The Labute approximate surface area is 225 Å². The van der Waals surface area contributed by atoms with Crippen molar-refractivity contribution >= 4 is 38.4 Å². The lowest BCUT2D eigenvalue weighted by Gasteiger charge is -2.46. The SMILES string of the molecule is COC(=O)C1=C(C)NC(C)(c2ccccc2)C(C(=O)OC)C1Nc1nccs1.NS(=O)(=O)c1ccccc1. The van der Waals surface area contributed by atoms with Crippen LogP contribution in [0.5, 0.6) is 0 Å². The Kier molecular flexibility index (Phi) is 9.26. The van der Waals surface area contributed by atoms with Gasteiger partial charge in [0.05, 0.1) is 36.3 Å². The van der Waals surface area contributed by atoms with E-state index >= 15 is 0 Å². The Hall–Kier alpha value is -3.74. The fourth-order valence-electron chi connectivity index (χ4n) is 4.39. The van der Waals surface area contributed by atoms with Crippen LogP contribution >= 0.6 is 11.3 Å². The molecule has 0 saturated heterocycles. The molecule has 1 aliphatic rings. The van der Waals surface area contributed by atoms with Crippen molar-refractivity contribution in [3.63, 3.8) is 0 Å². The number of primary sulfonamides is 1. The molecule has 2 aromatic carbocycles. The Morgan fingerprint density at radius 1 is 1.05 bits per heavy atom. The van der Waals surface area contributed by atoms with Crippen LogP contribution in [0.15, 0.2) is 88.4 Å². The third-order valence-corrected chi connectivity index (χ3v) is 7.77. The van der Waals surface area contributed by atoms with Gasteiger partial charge in [-0.05, 0) is 31.5 Å². The minimum atomic E-state index is -3.50. The number of benzene rings is 2. The second-order valence-corrected chi connectivity index (χ2v) is 11.0. The van der Waals surface area contributed by atoms with E-state index < -0.39 is 39.5 Å². The van der Waals surface area contributed by atoms with Crippen LogP contribution in [0.3, 0.4) is 0 Å². The Balaban J connectivity index is 0.000000336. The van der Waals surface area contributed by atoms with Gasteiger partial charge in [0.2, 0.25) is 10.0 Å². The van der Waals surface area contributed by atoms with Gasteiger partial charge in [0, 0.05) is 17.3 Å². The number of sulfonamides is 1. The van der Waals surface area contributed by atoms with Crippen molar-refractivity contribution in [2.75, 3.05) is 19.5 Å². The first-order valence-corrected chi connectivity index (χ1v) is 13.9. The summed E-state index contributed by atoms with van der Waals surface area (Å²) in [5.74, 6) is -1.70. The first-order valence-electron chi connectivity index (χ1n) is 11.5. The van der Waals surface area contributed by atoms with Gasteiger partial charge < -0.3 is 20.1 Å². The highest BCUT2D eigenvalue weighted by Gasteiger charge is 2.52. The molecular weight excluding hydrogens is 528 g/mol. The Morgan fingerprint density at radius 2 is 1.66 bits per heavy atom. The molecule has 2 heterocycles.